The zero-order valence-corrected chi connectivity index (χ0v) is 10.9. The standard InChI is InChI=1S/C14H21NO3/c1-17-14(16)12-7-13(18-10-12)9-15-8-11-5-3-2-4-6-11/h7,10-11,15H,2-6,8-9H2,1H3. The Kier molecular flexibility index (Phi) is 4.81. The molecule has 100 valence electrons. The summed E-state index contributed by atoms with van der Waals surface area (Å²) in [5, 5.41) is 3.40. The predicted octanol–water partition coefficient (Wildman–Crippen LogP) is 2.74. The van der Waals surface area contributed by atoms with Crippen LogP contribution in [0.1, 0.15) is 48.2 Å². The van der Waals surface area contributed by atoms with E-state index in [0.29, 0.717) is 12.1 Å². The summed E-state index contributed by atoms with van der Waals surface area (Å²) in [4.78, 5) is 11.2. The summed E-state index contributed by atoms with van der Waals surface area (Å²) in [6.45, 7) is 1.71. The van der Waals surface area contributed by atoms with Crippen LogP contribution in [0.4, 0.5) is 0 Å². The molecule has 0 spiro atoms. The summed E-state index contributed by atoms with van der Waals surface area (Å²) in [7, 11) is 1.37. The van der Waals surface area contributed by atoms with Gasteiger partial charge < -0.3 is 14.5 Å². The Bertz CT molecular complexity index is 380. The number of carbonyl (C=O) groups is 1. The molecule has 4 heteroatoms. The molecule has 1 N–H and O–H groups in total. The molecule has 0 atom stereocenters. The summed E-state index contributed by atoms with van der Waals surface area (Å²) in [6.07, 6.45) is 8.22. The van der Waals surface area contributed by atoms with Gasteiger partial charge in [-0.05, 0) is 31.4 Å². The Morgan fingerprint density at radius 1 is 1.44 bits per heavy atom. The van der Waals surface area contributed by atoms with Crippen molar-refractivity contribution in [2.45, 2.75) is 38.6 Å². The van der Waals surface area contributed by atoms with Gasteiger partial charge in [0.1, 0.15) is 12.0 Å². The average molecular weight is 251 g/mol. The topological polar surface area (TPSA) is 51.5 Å². The molecule has 0 aliphatic heterocycles. The van der Waals surface area contributed by atoms with Crippen molar-refractivity contribution in [2.24, 2.45) is 5.92 Å². The molecule has 1 saturated carbocycles. The van der Waals surface area contributed by atoms with Gasteiger partial charge in [-0.3, -0.25) is 0 Å². The maximum Gasteiger partial charge on any atom is 0.341 e. The fourth-order valence-electron chi connectivity index (χ4n) is 2.49. The molecule has 0 aromatic carbocycles. The van der Waals surface area contributed by atoms with Crippen LogP contribution in [0.3, 0.4) is 0 Å². The lowest BCUT2D eigenvalue weighted by Crippen LogP contribution is -2.23. The minimum Gasteiger partial charge on any atom is -0.467 e. The van der Waals surface area contributed by atoms with Crippen LogP contribution in [-0.2, 0) is 11.3 Å². The average Bonchev–Trinajstić information content (AvgIpc) is 2.88. The van der Waals surface area contributed by atoms with Crippen molar-refractivity contribution in [3.8, 4) is 0 Å². The summed E-state index contributed by atoms with van der Waals surface area (Å²) in [5.41, 5.74) is 0.479. The lowest BCUT2D eigenvalue weighted by molar-refractivity contribution is 0.0600. The lowest BCUT2D eigenvalue weighted by atomic mass is 9.89. The van der Waals surface area contributed by atoms with E-state index in [1.807, 2.05) is 0 Å². The highest BCUT2D eigenvalue weighted by Gasteiger charge is 2.13. The SMILES string of the molecule is COC(=O)c1coc(CNCC2CCCCC2)c1. The molecule has 0 saturated heterocycles. The van der Waals surface area contributed by atoms with Gasteiger partial charge in [0.05, 0.1) is 19.2 Å². The summed E-state index contributed by atoms with van der Waals surface area (Å²) in [5.74, 6) is 1.23. The molecule has 1 aromatic heterocycles. The zero-order chi connectivity index (χ0) is 12.8. The van der Waals surface area contributed by atoms with E-state index >= 15 is 0 Å². The Balaban J connectivity index is 1.72. The minimum absolute atomic E-state index is 0.350. The van der Waals surface area contributed by atoms with Crippen molar-refractivity contribution in [1.82, 2.24) is 5.32 Å². The van der Waals surface area contributed by atoms with Crippen LogP contribution >= 0.6 is 0 Å². The molecule has 1 aliphatic rings. The van der Waals surface area contributed by atoms with E-state index in [0.717, 1.165) is 18.2 Å². The second-order valence-electron chi connectivity index (χ2n) is 4.93. The smallest absolute Gasteiger partial charge is 0.341 e. The first-order chi connectivity index (χ1) is 8.79. The Morgan fingerprint density at radius 3 is 2.94 bits per heavy atom. The van der Waals surface area contributed by atoms with E-state index in [1.54, 1.807) is 6.07 Å². The Hall–Kier alpha value is -1.29. The molecule has 0 unspecified atom stereocenters. The van der Waals surface area contributed by atoms with Crippen LogP contribution in [0, 0.1) is 5.92 Å². The van der Waals surface area contributed by atoms with Crippen LogP contribution in [0.5, 0.6) is 0 Å². The van der Waals surface area contributed by atoms with Crippen molar-refractivity contribution in [1.29, 1.82) is 0 Å². The number of ether oxygens (including phenoxy) is 1. The first kappa shape index (κ1) is 13.1. The van der Waals surface area contributed by atoms with Crippen LogP contribution in [0.2, 0.25) is 0 Å². The monoisotopic (exact) mass is 251 g/mol. The zero-order valence-electron chi connectivity index (χ0n) is 10.9. The molecular weight excluding hydrogens is 230 g/mol. The van der Waals surface area contributed by atoms with Crippen molar-refractivity contribution in [2.75, 3.05) is 13.7 Å². The fourth-order valence-corrected chi connectivity index (χ4v) is 2.49. The van der Waals surface area contributed by atoms with Gasteiger partial charge >= 0.3 is 5.97 Å². The van der Waals surface area contributed by atoms with Gasteiger partial charge in [0.25, 0.3) is 0 Å². The van der Waals surface area contributed by atoms with Crippen LogP contribution < -0.4 is 5.32 Å². The van der Waals surface area contributed by atoms with Crippen molar-refractivity contribution in [3.05, 3.63) is 23.7 Å². The molecule has 1 fully saturated rings. The van der Waals surface area contributed by atoms with E-state index < -0.39 is 0 Å². The molecule has 2 rings (SSSR count). The number of methoxy groups -OCH3 is 1. The highest BCUT2D eigenvalue weighted by molar-refractivity contribution is 5.88. The maximum atomic E-state index is 11.2. The number of nitrogens with one attached hydrogen (secondary N) is 1. The van der Waals surface area contributed by atoms with Gasteiger partial charge in [0.2, 0.25) is 0 Å². The molecule has 18 heavy (non-hydrogen) atoms. The van der Waals surface area contributed by atoms with E-state index in [1.165, 1.54) is 45.5 Å². The molecule has 0 amide bonds. The van der Waals surface area contributed by atoms with Crippen molar-refractivity contribution >= 4 is 5.97 Å². The van der Waals surface area contributed by atoms with E-state index in [-0.39, 0.29) is 5.97 Å². The highest BCUT2D eigenvalue weighted by Crippen LogP contribution is 2.22. The number of carbonyl (C=O) groups excluding carboxylic acids is 1. The van der Waals surface area contributed by atoms with Gasteiger partial charge in [-0.15, -0.1) is 0 Å². The van der Waals surface area contributed by atoms with E-state index in [9.17, 15) is 4.79 Å². The summed E-state index contributed by atoms with van der Waals surface area (Å²) in [6, 6.07) is 1.74. The predicted molar refractivity (Wildman–Crippen MR) is 68.3 cm³/mol. The van der Waals surface area contributed by atoms with E-state index in [2.05, 4.69) is 10.1 Å². The van der Waals surface area contributed by atoms with Crippen LogP contribution in [-0.4, -0.2) is 19.6 Å². The lowest BCUT2D eigenvalue weighted by Gasteiger charge is -2.21. The van der Waals surface area contributed by atoms with E-state index in [4.69, 9.17) is 4.42 Å². The second kappa shape index (κ2) is 6.59. The summed E-state index contributed by atoms with van der Waals surface area (Å²) < 4.78 is 9.94. The van der Waals surface area contributed by atoms with Crippen LogP contribution in [0.25, 0.3) is 0 Å². The van der Waals surface area contributed by atoms with Crippen molar-refractivity contribution in [3.63, 3.8) is 0 Å². The third-order valence-corrected chi connectivity index (χ3v) is 3.53. The first-order valence-corrected chi connectivity index (χ1v) is 6.66. The number of hydrogen-bond donors (Lipinski definition) is 1. The van der Waals surface area contributed by atoms with Gasteiger partial charge in [0.15, 0.2) is 0 Å². The molecule has 1 heterocycles. The van der Waals surface area contributed by atoms with Gasteiger partial charge in [-0.2, -0.15) is 0 Å². The highest BCUT2D eigenvalue weighted by atomic mass is 16.5. The Morgan fingerprint density at radius 2 is 2.22 bits per heavy atom. The molecule has 1 aromatic rings. The van der Waals surface area contributed by atoms with Gasteiger partial charge in [0, 0.05) is 0 Å². The summed E-state index contributed by atoms with van der Waals surface area (Å²) >= 11 is 0. The quantitative estimate of drug-likeness (QED) is 0.817. The normalized spacial score (nSPS) is 16.7. The molecule has 4 nitrogen and oxygen atoms in total. The molecule has 1 aliphatic carbocycles. The second-order valence-corrected chi connectivity index (χ2v) is 4.93. The third kappa shape index (κ3) is 3.60. The first-order valence-electron chi connectivity index (χ1n) is 6.66. The Labute approximate surface area is 108 Å². The number of hydrogen-bond acceptors (Lipinski definition) is 4. The third-order valence-electron chi connectivity index (χ3n) is 3.53. The molecule has 0 bridgehead atoms. The van der Waals surface area contributed by atoms with Gasteiger partial charge in [-0.25, -0.2) is 4.79 Å². The van der Waals surface area contributed by atoms with Crippen LogP contribution in [0.15, 0.2) is 16.7 Å². The maximum absolute atomic E-state index is 11.2. The van der Waals surface area contributed by atoms with Crippen molar-refractivity contribution < 1.29 is 13.9 Å². The number of furan rings is 1. The minimum atomic E-state index is -0.350. The number of esters is 1. The van der Waals surface area contributed by atoms with Gasteiger partial charge in [-0.1, -0.05) is 19.3 Å². The molecular formula is C14H21NO3. The largest absolute Gasteiger partial charge is 0.467 e. The number of rotatable bonds is 5. The fraction of sp³-hybridized carbons (Fsp3) is 0.643. The molecule has 0 radical (unpaired) electrons.